The number of benzene rings is 2. The average molecular weight is 511 g/mol. The Morgan fingerprint density at radius 3 is 2.49 bits per heavy atom. The molecule has 2 aliphatic rings. The average Bonchev–Trinajstić information content (AvgIpc) is 3.59. The van der Waals surface area contributed by atoms with Crippen LogP contribution < -0.4 is 14.8 Å². The van der Waals surface area contributed by atoms with Gasteiger partial charge in [-0.05, 0) is 42.0 Å². The molecule has 6 nitrogen and oxygen atoms in total. The highest BCUT2D eigenvalue weighted by Crippen LogP contribution is 2.48. The number of nitrogens with one attached hydrogen (secondary N) is 1. The Morgan fingerprint density at radius 2 is 1.80 bits per heavy atom. The van der Waals surface area contributed by atoms with Crippen molar-refractivity contribution in [3.8, 4) is 11.5 Å². The van der Waals surface area contributed by atoms with Crippen molar-refractivity contribution in [1.29, 1.82) is 0 Å². The van der Waals surface area contributed by atoms with Gasteiger partial charge in [0.05, 0.1) is 36.9 Å². The maximum absolute atomic E-state index is 14.1. The lowest BCUT2D eigenvalue weighted by atomic mass is 9.80. The maximum atomic E-state index is 14.1. The van der Waals surface area contributed by atoms with E-state index in [1.54, 1.807) is 23.5 Å². The van der Waals surface area contributed by atoms with Crippen LogP contribution in [0.5, 0.6) is 11.5 Å². The van der Waals surface area contributed by atoms with E-state index in [1.165, 1.54) is 14.2 Å². The summed E-state index contributed by atoms with van der Waals surface area (Å²) < 4.78 is 10.8. The predicted octanol–water partition coefficient (Wildman–Crippen LogP) is 6.28. The summed E-state index contributed by atoms with van der Waals surface area (Å²) in [6.45, 7) is 0. The van der Waals surface area contributed by atoms with Crippen LogP contribution in [0, 0.1) is 0 Å². The highest BCUT2D eigenvalue weighted by atomic mass is 35.5. The van der Waals surface area contributed by atoms with Gasteiger partial charge in [0.2, 0.25) is 5.91 Å². The Kier molecular flexibility index (Phi) is 6.71. The first kappa shape index (κ1) is 23.7. The highest BCUT2D eigenvalue weighted by molar-refractivity contribution is 7.10. The molecular weight excluding hydrogens is 484 g/mol. The molecule has 1 aliphatic heterocycles. The van der Waals surface area contributed by atoms with Crippen LogP contribution in [0.2, 0.25) is 5.02 Å². The Balaban J connectivity index is 1.61. The summed E-state index contributed by atoms with van der Waals surface area (Å²) in [6.07, 6.45) is 4.08. The van der Waals surface area contributed by atoms with Gasteiger partial charge in [0.15, 0.2) is 0 Å². The first-order chi connectivity index (χ1) is 17.0. The SMILES string of the molecule is COc1cc(OC)c(NC(=O)[C@H]2c3ccccc3C(=O)N(C3CCCC3)[C@H]2c2cccs2)cc1Cl. The predicted molar refractivity (Wildman–Crippen MR) is 138 cm³/mol. The molecule has 2 atom stereocenters. The zero-order valence-electron chi connectivity index (χ0n) is 19.6. The molecule has 1 aromatic heterocycles. The first-order valence-corrected chi connectivity index (χ1v) is 13.0. The molecule has 2 heterocycles. The summed E-state index contributed by atoms with van der Waals surface area (Å²) in [7, 11) is 3.06. The number of hydrogen-bond donors (Lipinski definition) is 1. The normalized spacial score (nSPS) is 20.0. The topological polar surface area (TPSA) is 67.9 Å². The molecule has 1 N–H and O–H groups in total. The molecule has 1 aliphatic carbocycles. The number of carbonyl (C=O) groups is 2. The molecule has 182 valence electrons. The van der Waals surface area contributed by atoms with Crippen molar-refractivity contribution in [3.63, 3.8) is 0 Å². The van der Waals surface area contributed by atoms with Crippen molar-refractivity contribution >= 4 is 40.4 Å². The summed E-state index contributed by atoms with van der Waals surface area (Å²) >= 11 is 7.94. The van der Waals surface area contributed by atoms with Crippen LogP contribution in [-0.2, 0) is 4.79 Å². The molecule has 2 amide bonds. The lowest BCUT2D eigenvalue weighted by Crippen LogP contribution is -2.49. The molecule has 35 heavy (non-hydrogen) atoms. The largest absolute Gasteiger partial charge is 0.495 e. The van der Waals surface area contributed by atoms with Crippen LogP contribution in [0.15, 0.2) is 53.9 Å². The van der Waals surface area contributed by atoms with Gasteiger partial charge in [-0.15, -0.1) is 11.3 Å². The molecule has 1 fully saturated rings. The number of anilines is 1. The molecule has 8 heteroatoms. The van der Waals surface area contributed by atoms with E-state index in [4.69, 9.17) is 21.1 Å². The molecule has 0 unspecified atom stereocenters. The second-order valence-corrected chi connectivity index (χ2v) is 10.2. The minimum absolute atomic E-state index is 0.0000208. The second kappa shape index (κ2) is 9.91. The van der Waals surface area contributed by atoms with Crippen LogP contribution in [0.25, 0.3) is 0 Å². The van der Waals surface area contributed by atoms with E-state index in [0.29, 0.717) is 27.8 Å². The molecule has 3 aromatic rings. The number of amides is 2. The van der Waals surface area contributed by atoms with Crippen LogP contribution in [0.1, 0.15) is 58.4 Å². The minimum atomic E-state index is -0.589. The number of fused-ring (bicyclic) bond motifs is 1. The van der Waals surface area contributed by atoms with Gasteiger partial charge in [-0.2, -0.15) is 0 Å². The van der Waals surface area contributed by atoms with Gasteiger partial charge in [0.1, 0.15) is 11.5 Å². The number of ether oxygens (including phenoxy) is 2. The smallest absolute Gasteiger partial charge is 0.254 e. The molecular formula is C27H27ClN2O4S. The Bertz CT molecular complexity index is 1240. The molecule has 0 radical (unpaired) electrons. The lowest BCUT2D eigenvalue weighted by molar-refractivity contribution is -0.119. The summed E-state index contributed by atoms with van der Waals surface area (Å²) in [5, 5.41) is 5.41. The van der Waals surface area contributed by atoms with Gasteiger partial charge in [0, 0.05) is 22.5 Å². The number of nitrogens with zero attached hydrogens (tertiary/aromatic N) is 1. The van der Waals surface area contributed by atoms with E-state index in [-0.39, 0.29) is 23.9 Å². The van der Waals surface area contributed by atoms with Crippen molar-refractivity contribution in [2.75, 3.05) is 19.5 Å². The van der Waals surface area contributed by atoms with Crippen molar-refractivity contribution in [1.82, 2.24) is 4.90 Å². The number of hydrogen-bond acceptors (Lipinski definition) is 5. The maximum Gasteiger partial charge on any atom is 0.254 e. The van der Waals surface area contributed by atoms with Crippen LogP contribution >= 0.6 is 22.9 Å². The summed E-state index contributed by atoms with van der Waals surface area (Å²) in [5.41, 5.74) is 1.78. The number of thiophene rings is 1. The van der Waals surface area contributed by atoms with Gasteiger partial charge in [-0.25, -0.2) is 0 Å². The van der Waals surface area contributed by atoms with Gasteiger partial charge >= 0.3 is 0 Å². The molecule has 0 spiro atoms. The number of halogens is 1. The summed E-state index contributed by atoms with van der Waals surface area (Å²) in [5.74, 6) is 0.0960. The highest BCUT2D eigenvalue weighted by Gasteiger charge is 2.47. The zero-order valence-corrected chi connectivity index (χ0v) is 21.2. The van der Waals surface area contributed by atoms with Gasteiger partial charge in [-0.3, -0.25) is 9.59 Å². The van der Waals surface area contributed by atoms with Crippen molar-refractivity contribution in [2.45, 2.75) is 43.7 Å². The number of rotatable bonds is 6. The van der Waals surface area contributed by atoms with E-state index in [0.717, 1.165) is 36.1 Å². The van der Waals surface area contributed by atoms with Crippen LogP contribution in [0.4, 0.5) is 5.69 Å². The van der Waals surface area contributed by atoms with E-state index >= 15 is 0 Å². The Morgan fingerprint density at radius 1 is 1.06 bits per heavy atom. The van der Waals surface area contributed by atoms with E-state index in [2.05, 4.69) is 5.32 Å². The first-order valence-electron chi connectivity index (χ1n) is 11.7. The quantitative estimate of drug-likeness (QED) is 0.423. The summed E-state index contributed by atoms with van der Waals surface area (Å²) in [4.78, 5) is 30.8. The minimum Gasteiger partial charge on any atom is -0.495 e. The zero-order chi connectivity index (χ0) is 24.5. The lowest BCUT2D eigenvalue weighted by Gasteiger charge is -2.44. The standard InChI is InChI=1S/C27H27ClN2O4S/c1-33-21-15-22(34-2)20(14-19(21)28)29-26(31)24-17-10-5-6-11-18(17)27(32)30(16-8-3-4-9-16)25(24)23-12-7-13-35-23/h5-7,10-16,24-25H,3-4,8-9H2,1-2H3,(H,29,31)/t24-,25-/m0/s1. The fraction of sp³-hybridized carbons (Fsp3) is 0.333. The summed E-state index contributed by atoms with van der Waals surface area (Å²) in [6, 6.07) is 14.5. The third kappa shape index (κ3) is 4.28. The Hall–Kier alpha value is -3.03. The fourth-order valence-corrected chi connectivity index (χ4v) is 6.45. The van der Waals surface area contributed by atoms with Crippen LogP contribution in [-0.4, -0.2) is 37.0 Å². The molecule has 1 saturated carbocycles. The van der Waals surface area contributed by atoms with Gasteiger partial charge < -0.3 is 19.7 Å². The molecule has 0 bridgehead atoms. The van der Waals surface area contributed by atoms with Crippen molar-refractivity contribution in [3.05, 3.63) is 74.9 Å². The third-order valence-electron chi connectivity index (χ3n) is 6.94. The van der Waals surface area contributed by atoms with Gasteiger partial charge in [-0.1, -0.05) is 48.7 Å². The molecule has 5 rings (SSSR count). The number of methoxy groups -OCH3 is 2. The Labute approximate surface area is 213 Å². The molecule has 0 saturated heterocycles. The van der Waals surface area contributed by atoms with E-state index < -0.39 is 5.92 Å². The molecule has 2 aromatic carbocycles. The van der Waals surface area contributed by atoms with E-state index in [1.807, 2.05) is 46.7 Å². The number of carbonyl (C=O) groups excluding carboxylic acids is 2. The van der Waals surface area contributed by atoms with Crippen molar-refractivity contribution < 1.29 is 19.1 Å². The third-order valence-corrected chi connectivity index (χ3v) is 8.18. The second-order valence-electron chi connectivity index (χ2n) is 8.85. The van der Waals surface area contributed by atoms with Gasteiger partial charge in [0.25, 0.3) is 5.91 Å². The fourth-order valence-electron chi connectivity index (χ4n) is 5.35. The van der Waals surface area contributed by atoms with E-state index in [9.17, 15) is 9.59 Å². The van der Waals surface area contributed by atoms with Crippen LogP contribution in [0.3, 0.4) is 0 Å². The monoisotopic (exact) mass is 510 g/mol. The van der Waals surface area contributed by atoms with Crippen molar-refractivity contribution in [2.24, 2.45) is 0 Å².